The van der Waals surface area contributed by atoms with Gasteiger partial charge in [0.05, 0.1) is 6.61 Å². The van der Waals surface area contributed by atoms with E-state index in [9.17, 15) is 0 Å². The largest absolute Gasteiger partial charge is 0.493 e. The van der Waals surface area contributed by atoms with Crippen molar-refractivity contribution in [1.29, 1.82) is 0 Å². The minimum atomic E-state index is 0.137. The molecule has 1 heterocycles. The van der Waals surface area contributed by atoms with Gasteiger partial charge in [0, 0.05) is 17.5 Å². The maximum Gasteiger partial charge on any atom is 0.123 e. The molecule has 0 saturated heterocycles. The zero-order valence-electron chi connectivity index (χ0n) is 9.74. The fraction of sp³-hybridized carbons (Fsp3) is 0.538. The highest BCUT2D eigenvalue weighted by atomic mass is 32.2. The quantitative estimate of drug-likeness (QED) is 0.873. The Balaban J connectivity index is 2.33. The van der Waals surface area contributed by atoms with E-state index >= 15 is 0 Å². The molecule has 3 heteroatoms. The molecule has 0 saturated carbocycles. The van der Waals surface area contributed by atoms with Crippen molar-refractivity contribution in [1.82, 2.24) is 0 Å². The monoisotopic (exact) mass is 237 g/mol. The number of rotatable bonds is 4. The van der Waals surface area contributed by atoms with Gasteiger partial charge in [-0.15, -0.1) is 0 Å². The van der Waals surface area contributed by atoms with Crippen LogP contribution in [0.5, 0.6) is 5.75 Å². The summed E-state index contributed by atoms with van der Waals surface area (Å²) in [6.07, 6.45) is 4.33. The summed E-state index contributed by atoms with van der Waals surface area (Å²) in [4.78, 5) is 0. The van der Waals surface area contributed by atoms with E-state index in [4.69, 9.17) is 10.5 Å². The molecule has 0 bridgehead atoms. The Morgan fingerprint density at radius 2 is 2.25 bits per heavy atom. The van der Waals surface area contributed by atoms with Crippen molar-refractivity contribution in [2.45, 2.75) is 18.3 Å². The minimum Gasteiger partial charge on any atom is -0.493 e. The lowest BCUT2D eigenvalue weighted by molar-refractivity contribution is 0.213. The van der Waals surface area contributed by atoms with Gasteiger partial charge in [0.15, 0.2) is 0 Å². The summed E-state index contributed by atoms with van der Waals surface area (Å²) in [6, 6.07) is 8.33. The molecule has 2 nitrogen and oxygen atoms in total. The SMILES string of the molecule is CSCCC1(CN)CCOc2ccccc21. The molecule has 2 N–H and O–H groups in total. The smallest absolute Gasteiger partial charge is 0.123 e. The highest BCUT2D eigenvalue weighted by molar-refractivity contribution is 7.98. The average molecular weight is 237 g/mol. The van der Waals surface area contributed by atoms with E-state index in [0.717, 1.165) is 31.0 Å². The number of nitrogens with two attached hydrogens (primary N) is 1. The Labute approximate surface area is 102 Å². The molecular formula is C13H19NOS. The second-order valence-corrected chi connectivity index (χ2v) is 5.31. The van der Waals surface area contributed by atoms with E-state index in [-0.39, 0.29) is 5.41 Å². The Bertz CT molecular complexity index is 356. The van der Waals surface area contributed by atoms with Crippen LogP contribution in [-0.2, 0) is 5.41 Å². The molecule has 1 aromatic carbocycles. The maximum absolute atomic E-state index is 6.03. The van der Waals surface area contributed by atoms with Gasteiger partial charge in [0.1, 0.15) is 5.75 Å². The lowest BCUT2D eigenvalue weighted by Crippen LogP contribution is -2.40. The first-order valence-corrected chi connectivity index (χ1v) is 7.13. The van der Waals surface area contributed by atoms with Crippen molar-refractivity contribution in [3.63, 3.8) is 0 Å². The molecule has 1 aliphatic rings. The third-order valence-corrected chi connectivity index (χ3v) is 4.08. The van der Waals surface area contributed by atoms with Crippen LogP contribution >= 0.6 is 11.8 Å². The summed E-state index contributed by atoms with van der Waals surface area (Å²) in [7, 11) is 0. The Morgan fingerprint density at radius 1 is 1.44 bits per heavy atom. The normalized spacial score (nSPS) is 23.6. The molecule has 0 spiro atoms. The number of hydrogen-bond donors (Lipinski definition) is 1. The van der Waals surface area contributed by atoms with Crippen LogP contribution in [0.25, 0.3) is 0 Å². The first-order valence-electron chi connectivity index (χ1n) is 5.74. The molecule has 16 heavy (non-hydrogen) atoms. The lowest BCUT2D eigenvalue weighted by Gasteiger charge is -2.38. The molecule has 2 rings (SSSR count). The standard InChI is InChI=1S/C13H19NOS/c1-16-9-7-13(10-14)6-8-15-12-5-3-2-4-11(12)13/h2-5H,6-10,14H2,1H3. The molecule has 1 aromatic rings. The van der Waals surface area contributed by atoms with Gasteiger partial charge in [-0.3, -0.25) is 0 Å². The Hall–Kier alpha value is -0.670. The minimum absolute atomic E-state index is 0.137. The van der Waals surface area contributed by atoms with E-state index in [1.54, 1.807) is 0 Å². The number of thioether (sulfide) groups is 1. The summed E-state index contributed by atoms with van der Waals surface area (Å²) >= 11 is 1.89. The van der Waals surface area contributed by atoms with Gasteiger partial charge in [0.2, 0.25) is 0 Å². The highest BCUT2D eigenvalue weighted by Gasteiger charge is 2.35. The van der Waals surface area contributed by atoms with Gasteiger partial charge in [-0.1, -0.05) is 18.2 Å². The molecule has 1 atom stereocenters. The van der Waals surface area contributed by atoms with Crippen LogP contribution in [-0.4, -0.2) is 25.2 Å². The van der Waals surface area contributed by atoms with Crippen LogP contribution in [0.15, 0.2) is 24.3 Å². The van der Waals surface area contributed by atoms with E-state index < -0.39 is 0 Å². The number of hydrogen-bond acceptors (Lipinski definition) is 3. The summed E-state index contributed by atoms with van der Waals surface area (Å²) in [6.45, 7) is 1.51. The molecule has 0 amide bonds. The van der Waals surface area contributed by atoms with Crippen molar-refractivity contribution < 1.29 is 4.74 Å². The van der Waals surface area contributed by atoms with Gasteiger partial charge < -0.3 is 10.5 Å². The van der Waals surface area contributed by atoms with E-state index in [1.807, 2.05) is 17.8 Å². The highest BCUT2D eigenvalue weighted by Crippen LogP contribution is 2.40. The third-order valence-electron chi connectivity index (χ3n) is 3.47. The van der Waals surface area contributed by atoms with Crippen molar-refractivity contribution in [3.8, 4) is 5.75 Å². The maximum atomic E-state index is 6.03. The van der Waals surface area contributed by atoms with Crippen LogP contribution in [0, 0.1) is 0 Å². The Morgan fingerprint density at radius 3 is 3.00 bits per heavy atom. The van der Waals surface area contributed by atoms with E-state index in [2.05, 4.69) is 24.5 Å². The third kappa shape index (κ3) is 2.06. The zero-order valence-corrected chi connectivity index (χ0v) is 10.6. The number of benzene rings is 1. The van der Waals surface area contributed by atoms with Crippen molar-refractivity contribution in [2.24, 2.45) is 5.73 Å². The van der Waals surface area contributed by atoms with Crippen LogP contribution in [0.3, 0.4) is 0 Å². The summed E-state index contributed by atoms with van der Waals surface area (Å²) in [5, 5.41) is 0. The van der Waals surface area contributed by atoms with Gasteiger partial charge >= 0.3 is 0 Å². The topological polar surface area (TPSA) is 35.2 Å². The molecule has 1 unspecified atom stereocenters. The molecular weight excluding hydrogens is 218 g/mol. The van der Waals surface area contributed by atoms with Crippen LogP contribution in [0.4, 0.5) is 0 Å². The zero-order chi connectivity index (χ0) is 11.4. The fourth-order valence-corrected chi connectivity index (χ4v) is 2.99. The predicted molar refractivity (Wildman–Crippen MR) is 70.3 cm³/mol. The van der Waals surface area contributed by atoms with E-state index in [1.165, 1.54) is 5.56 Å². The van der Waals surface area contributed by atoms with Crippen LogP contribution < -0.4 is 10.5 Å². The number of para-hydroxylation sites is 1. The number of fused-ring (bicyclic) bond motifs is 1. The molecule has 1 aliphatic heterocycles. The Kier molecular flexibility index (Phi) is 3.77. The first-order chi connectivity index (χ1) is 7.82. The second-order valence-electron chi connectivity index (χ2n) is 4.32. The summed E-state index contributed by atoms with van der Waals surface area (Å²) in [5.41, 5.74) is 7.47. The summed E-state index contributed by atoms with van der Waals surface area (Å²) < 4.78 is 5.70. The fourth-order valence-electron chi connectivity index (χ4n) is 2.39. The van der Waals surface area contributed by atoms with Crippen molar-refractivity contribution in [3.05, 3.63) is 29.8 Å². The second kappa shape index (κ2) is 5.11. The van der Waals surface area contributed by atoms with Gasteiger partial charge in [-0.2, -0.15) is 11.8 Å². The number of ether oxygens (including phenoxy) is 1. The van der Waals surface area contributed by atoms with Gasteiger partial charge in [0.25, 0.3) is 0 Å². The summed E-state index contributed by atoms with van der Waals surface area (Å²) in [5.74, 6) is 2.19. The molecule has 0 fully saturated rings. The van der Waals surface area contributed by atoms with Gasteiger partial charge in [-0.05, 0) is 30.9 Å². The average Bonchev–Trinajstić information content (AvgIpc) is 2.36. The van der Waals surface area contributed by atoms with E-state index in [0.29, 0.717) is 6.54 Å². The molecule has 0 radical (unpaired) electrons. The molecule has 0 aliphatic carbocycles. The van der Waals surface area contributed by atoms with Gasteiger partial charge in [-0.25, -0.2) is 0 Å². The molecule has 88 valence electrons. The van der Waals surface area contributed by atoms with Crippen LogP contribution in [0.1, 0.15) is 18.4 Å². The first kappa shape index (κ1) is 11.8. The van der Waals surface area contributed by atoms with Crippen LogP contribution in [0.2, 0.25) is 0 Å². The van der Waals surface area contributed by atoms with Crippen molar-refractivity contribution >= 4 is 11.8 Å². The molecule has 0 aromatic heterocycles. The predicted octanol–water partition coefficient (Wildman–Crippen LogP) is 2.42. The van der Waals surface area contributed by atoms with Crippen molar-refractivity contribution in [2.75, 3.05) is 25.2 Å². The lowest BCUT2D eigenvalue weighted by atomic mass is 9.74.